The SMILES string of the molecule is Cc1ccnc(N)c1C1(O)CC(C)OC(C)C1. The van der Waals surface area contributed by atoms with Gasteiger partial charge >= 0.3 is 0 Å². The molecule has 1 saturated heterocycles. The first-order valence-electron chi connectivity index (χ1n) is 6.02. The molecular weight excluding hydrogens is 216 g/mol. The largest absolute Gasteiger partial charge is 0.385 e. The Morgan fingerprint density at radius 3 is 2.53 bits per heavy atom. The van der Waals surface area contributed by atoms with Crippen LogP contribution in [0.1, 0.15) is 37.8 Å². The smallest absolute Gasteiger partial charge is 0.129 e. The lowest BCUT2D eigenvalue weighted by atomic mass is 9.80. The van der Waals surface area contributed by atoms with Gasteiger partial charge in [0.1, 0.15) is 5.82 Å². The van der Waals surface area contributed by atoms with Gasteiger partial charge in [-0.2, -0.15) is 0 Å². The number of hydrogen-bond donors (Lipinski definition) is 2. The molecule has 4 heteroatoms. The average molecular weight is 236 g/mol. The average Bonchev–Trinajstić information content (AvgIpc) is 2.13. The second-order valence-electron chi connectivity index (χ2n) is 5.09. The van der Waals surface area contributed by atoms with Crippen molar-refractivity contribution in [1.29, 1.82) is 0 Å². The van der Waals surface area contributed by atoms with E-state index in [0.717, 1.165) is 11.1 Å². The van der Waals surface area contributed by atoms with E-state index >= 15 is 0 Å². The van der Waals surface area contributed by atoms with Gasteiger partial charge in [-0.15, -0.1) is 0 Å². The third kappa shape index (κ3) is 2.28. The Kier molecular flexibility index (Phi) is 3.10. The summed E-state index contributed by atoms with van der Waals surface area (Å²) in [7, 11) is 0. The molecule has 2 heterocycles. The second kappa shape index (κ2) is 4.27. The van der Waals surface area contributed by atoms with Crippen molar-refractivity contribution in [2.75, 3.05) is 5.73 Å². The fourth-order valence-corrected chi connectivity index (χ4v) is 2.92. The third-order valence-electron chi connectivity index (χ3n) is 3.37. The van der Waals surface area contributed by atoms with Crippen molar-refractivity contribution in [2.24, 2.45) is 0 Å². The monoisotopic (exact) mass is 236 g/mol. The Morgan fingerprint density at radius 2 is 2.00 bits per heavy atom. The summed E-state index contributed by atoms with van der Waals surface area (Å²) >= 11 is 0. The van der Waals surface area contributed by atoms with E-state index in [1.165, 1.54) is 0 Å². The van der Waals surface area contributed by atoms with Gasteiger partial charge in [0.05, 0.1) is 17.8 Å². The van der Waals surface area contributed by atoms with Crippen molar-refractivity contribution in [1.82, 2.24) is 4.98 Å². The van der Waals surface area contributed by atoms with Crippen molar-refractivity contribution in [2.45, 2.75) is 51.4 Å². The van der Waals surface area contributed by atoms with Gasteiger partial charge in [0.25, 0.3) is 0 Å². The molecule has 2 rings (SSSR count). The molecule has 3 N–H and O–H groups in total. The number of aliphatic hydroxyl groups is 1. The molecule has 1 aromatic rings. The zero-order valence-electron chi connectivity index (χ0n) is 10.6. The van der Waals surface area contributed by atoms with Crippen molar-refractivity contribution in [3.05, 3.63) is 23.4 Å². The molecular formula is C13H20N2O2. The summed E-state index contributed by atoms with van der Waals surface area (Å²) in [5.74, 6) is 0.425. The molecule has 4 nitrogen and oxygen atoms in total. The first-order chi connectivity index (χ1) is 7.92. The van der Waals surface area contributed by atoms with Gasteiger partial charge in [-0.1, -0.05) is 0 Å². The Hall–Kier alpha value is -1.13. The molecule has 0 aromatic carbocycles. The van der Waals surface area contributed by atoms with E-state index in [1.807, 2.05) is 26.8 Å². The van der Waals surface area contributed by atoms with Gasteiger partial charge in [-0.25, -0.2) is 4.98 Å². The fourth-order valence-electron chi connectivity index (χ4n) is 2.92. The molecule has 1 fully saturated rings. The van der Waals surface area contributed by atoms with Gasteiger partial charge in [-0.3, -0.25) is 0 Å². The predicted molar refractivity (Wildman–Crippen MR) is 66.5 cm³/mol. The number of nitrogen functional groups attached to an aromatic ring is 1. The zero-order chi connectivity index (χ0) is 12.6. The first-order valence-corrected chi connectivity index (χ1v) is 6.02. The van der Waals surface area contributed by atoms with Gasteiger partial charge in [0.15, 0.2) is 0 Å². The Balaban J connectivity index is 2.43. The van der Waals surface area contributed by atoms with Crippen molar-refractivity contribution >= 4 is 5.82 Å². The Morgan fingerprint density at radius 1 is 1.41 bits per heavy atom. The Bertz CT molecular complexity index is 390. The molecule has 0 saturated carbocycles. The van der Waals surface area contributed by atoms with Crippen LogP contribution in [-0.2, 0) is 10.3 Å². The number of ether oxygens (including phenoxy) is 1. The van der Waals surface area contributed by atoms with Gasteiger partial charge in [0.2, 0.25) is 0 Å². The van der Waals surface area contributed by atoms with Crippen LogP contribution >= 0.6 is 0 Å². The third-order valence-corrected chi connectivity index (χ3v) is 3.37. The van der Waals surface area contributed by atoms with E-state index in [2.05, 4.69) is 4.98 Å². The highest BCUT2D eigenvalue weighted by atomic mass is 16.5. The number of nitrogens with two attached hydrogens (primary N) is 1. The van der Waals surface area contributed by atoms with Crippen molar-refractivity contribution in [3.63, 3.8) is 0 Å². The van der Waals surface area contributed by atoms with Crippen LogP contribution < -0.4 is 5.73 Å². The first kappa shape index (κ1) is 12.3. The molecule has 0 bridgehead atoms. The van der Waals surface area contributed by atoms with E-state index in [0.29, 0.717) is 18.7 Å². The number of pyridine rings is 1. The van der Waals surface area contributed by atoms with Gasteiger partial charge in [-0.05, 0) is 32.4 Å². The molecule has 0 radical (unpaired) electrons. The van der Waals surface area contributed by atoms with Crippen LogP contribution in [0.5, 0.6) is 0 Å². The second-order valence-corrected chi connectivity index (χ2v) is 5.09. The summed E-state index contributed by atoms with van der Waals surface area (Å²) in [4.78, 5) is 4.09. The van der Waals surface area contributed by atoms with Crippen LogP contribution in [0.15, 0.2) is 12.3 Å². The summed E-state index contributed by atoms with van der Waals surface area (Å²) in [5.41, 5.74) is 6.75. The maximum absolute atomic E-state index is 10.8. The van der Waals surface area contributed by atoms with Crippen LogP contribution in [0.3, 0.4) is 0 Å². The van der Waals surface area contributed by atoms with E-state index < -0.39 is 5.60 Å². The van der Waals surface area contributed by atoms with Gasteiger partial charge in [0, 0.05) is 24.6 Å². The summed E-state index contributed by atoms with van der Waals surface area (Å²) in [6.45, 7) is 5.90. The number of anilines is 1. The number of aryl methyl sites for hydroxylation is 1. The number of rotatable bonds is 1. The fraction of sp³-hybridized carbons (Fsp3) is 0.615. The number of nitrogens with zero attached hydrogens (tertiary/aromatic N) is 1. The molecule has 0 amide bonds. The van der Waals surface area contributed by atoms with Crippen LogP contribution in [0.4, 0.5) is 5.82 Å². The molecule has 0 aliphatic carbocycles. The number of aromatic nitrogens is 1. The van der Waals surface area contributed by atoms with Crippen molar-refractivity contribution < 1.29 is 9.84 Å². The number of hydrogen-bond acceptors (Lipinski definition) is 4. The minimum Gasteiger partial charge on any atom is -0.385 e. The van der Waals surface area contributed by atoms with Crippen LogP contribution in [-0.4, -0.2) is 22.3 Å². The molecule has 2 unspecified atom stereocenters. The normalized spacial score (nSPS) is 33.6. The lowest BCUT2D eigenvalue weighted by Crippen LogP contribution is -2.42. The standard InChI is InChI=1S/C13H20N2O2/c1-8-4-5-15-12(14)11(8)13(16)6-9(2)17-10(3)7-13/h4-5,9-10,16H,6-7H2,1-3H3,(H2,14,15). The predicted octanol–water partition coefficient (Wildman–Crippen LogP) is 1.75. The van der Waals surface area contributed by atoms with Crippen LogP contribution in [0.25, 0.3) is 0 Å². The Labute approximate surface area is 102 Å². The van der Waals surface area contributed by atoms with Crippen LogP contribution in [0.2, 0.25) is 0 Å². The molecule has 1 aliphatic heterocycles. The maximum Gasteiger partial charge on any atom is 0.129 e. The molecule has 2 atom stereocenters. The van der Waals surface area contributed by atoms with E-state index in [-0.39, 0.29) is 12.2 Å². The quantitative estimate of drug-likeness (QED) is 0.779. The maximum atomic E-state index is 10.8. The lowest BCUT2D eigenvalue weighted by molar-refractivity contribution is -0.135. The zero-order valence-corrected chi connectivity index (χ0v) is 10.6. The topological polar surface area (TPSA) is 68.4 Å². The lowest BCUT2D eigenvalue weighted by Gasteiger charge is -2.40. The van der Waals surface area contributed by atoms with E-state index in [1.54, 1.807) is 6.20 Å². The molecule has 0 spiro atoms. The summed E-state index contributed by atoms with van der Waals surface area (Å²) in [6, 6.07) is 1.88. The molecule has 1 aliphatic rings. The highest BCUT2D eigenvalue weighted by Crippen LogP contribution is 2.40. The minimum absolute atomic E-state index is 0.0303. The molecule has 17 heavy (non-hydrogen) atoms. The molecule has 94 valence electrons. The summed E-state index contributed by atoms with van der Waals surface area (Å²) < 4.78 is 5.66. The summed E-state index contributed by atoms with van der Waals surface area (Å²) in [5, 5.41) is 10.8. The van der Waals surface area contributed by atoms with Gasteiger partial charge < -0.3 is 15.6 Å². The highest BCUT2D eigenvalue weighted by Gasteiger charge is 2.40. The van der Waals surface area contributed by atoms with Crippen LogP contribution in [0, 0.1) is 6.92 Å². The minimum atomic E-state index is -0.917. The molecule has 1 aromatic heterocycles. The van der Waals surface area contributed by atoms with E-state index in [9.17, 15) is 5.11 Å². The summed E-state index contributed by atoms with van der Waals surface area (Å²) in [6.07, 6.45) is 2.86. The van der Waals surface area contributed by atoms with E-state index in [4.69, 9.17) is 10.5 Å². The van der Waals surface area contributed by atoms with Crippen molar-refractivity contribution in [3.8, 4) is 0 Å². The highest BCUT2D eigenvalue weighted by molar-refractivity contribution is 5.48.